The second-order valence-corrected chi connectivity index (χ2v) is 8.32. The molecule has 1 aliphatic rings. The Labute approximate surface area is 159 Å². The normalized spacial score (nSPS) is 14.8. The number of thioether (sulfide) groups is 1. The van der Waals surface area contributed by atoms with Gasteiger partial charge in [0.05, 0.1) is 0 Å². The molecule has 0 heterocycles. The maximum atomic E-state index is 12.4. The van der Waals surface area contributed by atoms with Gasteiger partial charge in [0, 0.05) is 27.0 Å². The smallest absolute Gasteiger partial charge is 0.255 e. The molecule has 136 valence electrons. The van der Waals surface area contributed by atoms with Gasteiger partial charge in [0.1, 0.15) is 0 Å². The lowest BCUT2D eigenvalue weighted by Crippen LogP contribution is -2.13. The van der Waals surface area contributed by atoms with Gasteiger partial charge in [-0.3, -0.25) is 9.59 Å². The quantitative estimate of drug-likeness (QED) is 0.672. The summed E-state index contributed by atoms with van der Waals surface area (Å²) in [6.45, 7) is 3.55. The van der Waals surface area contributed by atoms with Crippen LogP contribution in [0, 0.1) is 6.92 Å². The molecule has 0 aliphatic heterocycles. The lowest BCUT2D eigenvalue weighted by atomic mass is 10.0. The first-order valence-electron chi connectivity index (χ1n) is 9.22. The first-order valence-corrected chi connectivity index (χ1v) is 10.1. The van der Waals surface area contributed by atoms with E-state index in [1.54, 1.807) is 24.3 Å². The zero-order valence-corrected chi connectivity index (χ0v) is 16.2. The van der Waals surface area contributed by atoms with Gasteiger partial charge >= 0.3 is 0 Å². The number of carbonyl (C=O) groups excluding carboxylic acids is 2. The summed E-state index contributed by atoms with van der Waals surface area (Å²) < 4.78 is 0. The number of ketones is 1. The van der Waals surface area contributed by atoms with E-state index in [4.69, 9.17) is 0 Å². The fraction of sp³-hybridized carbons (Fsp3) is 0.364. The molecule has 26 heavy (non-hydrogen) atoms. The molecule has 1 amide bonds. The first kappa shape index (κ1) is 18.7. The van der Waals surface area contributed by atoms with Crippen molar-refractivity contribution in [2.75, 3.05) is 5.32 Å². The first-order chi connectivity index (χ1) is 12.5. The molecule has 0 unspecified atom stereocenters. The lowest BCUT2D eigenvalue weighted by Gasteiger charge is -2.21. The third kappa shape index (κ3) is 4.76. The van der Waals surface area contributed by atoms with Crippen LogP contribution in [0.4, 0.5) is 5.69 Å². The molecule has 3 nitrogen and oxygen atoms in total. The number of hydrogen-bond donors (Lipinski definition) is 1. The Balaban J connectivity index is 1.65. The molecule has 0 atom stereocenters. The summed E-state index contributed by atoms with van der Waals surface area (Å²) in [5.74, 6) is -0.158. The van der Waals surface area contributed by atoms with E-state index in [0.717, 1.165) is 16.5 Å². The van der Waals surface area contributed by atoms with E-state index in [-0.39, 0.29) is 11.7 Å². The predicted octanol–water partition coefficient (Wildman–Crippen LogP) is 5.87. The molecule has 2 aromatic rings. The van der Waals surface area contributed by atoms with Crippen LogP contribution in [-0.4, -0.2) is 16.9 Å². The molecule has 1 N–H and O–H groups in total. The number of anilines is 1. The third-order valence-corrected chi connectivity index (χ3v) is 6.19. The van der Waals surface area contributed by atoms with Gasteiger partial charge in [-0.15, -0.1) is 11.8 Å². The molecule has 0 radical (unpaired) electrons. The van der Waals surface area contributed by atoms with Crippen LogP contribution in [0.2, 0.25) is 0 Å². The highest BCUT2D eigenvalue weighted by atomic mass is 32.2. The molecule has 3 rings (SSSR count). The van der Waals surface area contributed by atoms with Crippen molar-refractivity contribution in [3.05, 3.63) is 59.2 Å². The van der Waals surface area contributed by atoms with E-state index in [1.807, 2.05) is 24.8 Å². The Hall–Kier alpha value is -2.07. The standard InChI is InChI=1S/C22H25NO2S/c1-15-14-20(26-19-6-4-3-5-7-19)12-13-21(15)23-22(25)18-10-8-17(9-11-18)16(2)24/h8-14,19H,3-7H2,1-2H3,(H,23,25). The molecule has 0 aromatic heterocycles. The van der Waals surface area contributed by atoms with Gasteiger partial charge in [-0.25, -0.2) is 0 Å². The van der Waals surface area contributed by atoms with Crippen LogP contribution in [-0.2, 0) is 0 Å². The second-order valence-electron chi connectivity index (χ2n) is 6.94. The molecule has 0 bridgehead atoms. The number of Topliss-reactive ketones (excluding diaryl/α,β-unsaturated/α-hetero) is 1. The number of rotatable bonds is 5. The summed E-state index contributed by atoms with van der Waals surface area (Å²) in [4.78, 5) is 25.1. The molecular weight excluding hydrogens is 342 g/mol. The van der Waals surface area contributed by atoms with E-state index in [9.17, 15) is 9.59 Å². The van der Waals surface area contributed by atoms with Crippen molar-refractivity contribution in [3.63, 3.8) is 0 Å². The van der Waals surface area contributed by atoms with Crippen molar-refractivity contribution in [2.24, 2.45) is 0 Å². The summed E-state index contributed by atoms with van der Waals surface area (Å²) in [5.41, 5.74) is 3.06. The number of benzene rings is 2. The highest BCUT2D eigenvalue weighted by Crippen LogP contribution is 2.35. The van der Waals surface area contributed by atoms with Crippen LogP contribution in [0.1, 0.15) is 65.3 Å². The number of nitrogens with one attached hydrogen (secondary N) is 1. The highest BCUT2D eigenvalue weighted by molar-refractivity contribution is 8.00. The fourth-order valence-electron chi connectivity index (χ4n) is 3.28. The number of amides is 1. The van der Waals surface area contributed by atoms with Crippen LogP contribution in [0.25, 0.3) is 0 Å². The minimum atomic E-state index is -0.157. The minimum Gasteiger partial charge on any atom is -0.322 e. The van der Waals surface area contributed by atoms with Crippen molar-refractivity contribution in [2.45, 2.75) is 56.1 Å². The zero-order chi connectivity index (χ0) is 18.5. The van der Waals surface area contributed by atoms with Crippen LogP contribution < -0.4 is 5.32 Å². The van der Waals surface area contributed by atoms with Crippen molar-refractivity contribution in [1.82, 2.24) is 0 Å². The Bertz CT molecular complexity index is 792. The summed E-state index contributed by atoms with van der Waals surface area (Å²) in [6.07, 6.45) is 6.66. The van der Waals surface area contributed by atoms with E-state index in [0.29, 0.717) is 11.1 Å². The van der Waals surface area contributed by atoms with E-state index < -0.39 is 0 Å². The summed E-state index contributed by atoms with van der Waals surface area (Å²) in [5, 5.41) is 3.70. The molecular formula is C22H25NO2S. The molecule has 2 aromatic carbocycles. The molecule has 1 fully saturated rings. The van der Waals surface area contributed by atoms with Gasteiger partial charge in [-0.05, 0) is 62.6 Å². The van der Waals surface area contributed by atoms with Gasteiger partial charge in [0.2, 0.25) is 0 Å². The van der Waals surface area contributed by atoms with Gasteiger partial charge in [0.15, 0.2) is 5.78 Å². The Kier molecular flexibility index (Phi) is 6.15. The molecule has 0 spiro atoms. The highest BCUT2D eigenvalue weighted by Gasteiger charge is 2.15. The average Bonchev–Trinajstić information content (AvgIpc) is 2.65. The Morgan fingerprint density at radius 2 is 1.62 bits per heavy atom. The third-order valence-electron chi connectivity index (χ3n) is 4.85. The van der Waals surface area contributed by atoms with Crippen molar-refractivity contribution in [3.8, 4) is 0 Å². The van der Waals surface area contributed by atoms with Crippen molar-refractivity contribution < 1.29 is 9.59 Å². The molecule has 1 aliphatic carbocycles. The van der Waals surface area contributed by atoms with Crippen LogP contribution in [0.3, 0.4) is 0 Å². The van der Waals surface area contributed by atoms with E-state index in [2.05, 4.69) is 17.4 Å². The van der Waals surface area contributed by atoms with Crippen LogP contribution >= 0.6 is 11.8 Å². The van der Waals surface area contributed by atoms with Gasteiger partial charge in [-0.1, -0.05) is 31.4 Å². The van der Waals surface area contributed by atoms with E-state index in [1.165, 1.54) is 43.9 Å². The maximum Gasteiger partial charge on any atom is 0.255 e. The topological polar surface area (TPSA) is 46.2 Å². The predicted molar refractivity (Wildman–Crippen MR) is 108 cm³/mol. The van der Waals surface area contributed by atoms with Crippen molar-refractivity contribution >= 4 is 29.1 Å². The van der Waals surface area contributed by atoms with E-state index >= 15 is 0 Å². The lowest BCUT2D eigenvalue weighted by molar-refractivity contribution is 0.100. The van der Waals surface area contributed by atoms with Gasteiger partial charge in [0.25, 0.3) is 5.91 Å². The molecule has 4 heteroatoms. The number of hydrogen-bond acceptors (Lipinski definition) is 3. The Morgan fingerprint density at radius 3 is 2.23 bits per heavy atom. The van der Waals surface area contributed by atoms with Crippen molar-refractivity contribution in [1.29, 1.82) is 0 Å². The van der Waals surface area contributed by atoms with Crippen LogP contribution in [0.15, 0.2) is 47.4 Å². The monoisotopic (exact) mass is 367 g/mol. The number of carbonyl (C=O) groups is 2. The summed E-state index contributed by atoms with van der Waals surface area (Å²) in [6, 6.07) is 13.0. The number of aryl methyl sites for hydroxylation is 1. The molecule has 0 saturated heterocycles. The summed E-state index contributed by atoms with van der Waals surface area (Å²) >= 11 is 1.96. The average molecular weight is 368 g/mol. The van der Waals surface area contributed by atoms with Gasteiger partial charge < -0.3 is 5.32 Å². The van der Waals surface area contributed by atoms with Gasteiger partial charge in [-0.2, -0.15) is 0 Å². The summed E-state index contributed by atoms with van der Waals surface area (Å²) in [7, 11) is 0. The second kappa shape index (κ2) is 8.54. The largest absolute Gasteiger partial charge is 0.322 e. The molecule has 1 saturated carbocycles. The SMILES string of the molecule is CC(=O)c1ccc(C(=O)Nc2ccc(SC3CCCCC3)cc2C)cc1. The fourth-order valence-corrected chi connectivity index (χ4v) is 4.62. The minimum absolute atomic E-state index is 0.00106. The maximum absolute atomic E-state index is 12.4. The van der Waals surface area contributed by atoms with Crippen LogP contribution in [0.5, 0.6) is 0 Å². The zero-order valence-electron chi connectivity index (χ0n) is 15.4. The Morgan fingerprint density at radius 1 is 0.962 bits per heavy atom.